The lowest BCUT2D eigenvalue weighted by Gasteiger charge is -2.21. The van der Waals surface area contributed by atoms with Gasteiger partial charge in [0.15, 0.2) is 0 Å². The minimum absolute atomic E-state index is 0.00753. The van der Waals surface area contributed by atoms with Crippen LogP contribution < -0.4 is 10.6 Å². The standard InChI is InChI=1S/C20H28N2O2/c1-14(2)19(22-16(5)23)13-18-9-6-8-17(12-18)10-7-11-21-20(24)15(3)4/h6,8-9,12,14-15,19H,11,13H2,1-5H3,(H,21,24)(H,22,23)/t19-/m0/s1. The smallest absolute Gasteiger partial charge is 0.223 e. The van der Waals surface area contributed by atoms with Crippen molar-refractivity contribution < 1.29 is 9.59 Å². The van der Waals surface area contributed by atoms with Crippen molar-refractivity contribution in [3.63, 3.8) is 0 Å². The fraction of sp³-hybridized carbons (Fsp3) is 0.500. The molecule has 2 N–H and O–H groups in total. The average Bonchev–Trinajstić information content (AvgIpc) is 2.50. The molecule has 1 atom stereocenters. The van der Waals surface area contributed by atoms with Crippen LogP contribution >= 0.6 is 0 Å². The summed E-state index contributed by atoms with van der Waals surface area (Å²) in [6, 6.07) is 8.11. The van der Waals surface area contributed by atoms with Gasteiger partial charge in [0.2, 0.25) is 11.8 Å². The first-order chi connectivity index (χ1) is 11.3. The van der Waals surface area contributed by atoms with Gasteiger partial charge in [-0.2, -0.15) is 0 Å². The van der Waals surface area contributed by atoms with E-state index in [0.717, 1.165) is 17.5 Å². The van der Waals surface area contributed by atoms with Gasteiger partial charge in [0.1, 0.15) is 0 Å². The highest BCUT2D eigenvalue weighted by Gasteiger charge is 2.15. The minimum atomic E-state index is -0.0307. The maximum atomic E-state index is 11.5. The van der Waals surface area contributed by atoms with Gasteiger partial charge < -0.3 is 10.6 Å². The van der Waals surface area contributed by atoms with E-state index in [4.69, 9.17) is 0 Å². The number of carbonyl (C=O) groups excluding carboxylic acids is 2. The van der Waals surface area contributed by atoms with Gasteiger partial charge in [-0.1, -0.05) is 51.7 Å². The molecule has 1 aromatic rings. The number of hydrogen-bond acceptors (Lipinski definition) is 2. The van der Waals surface area contributed by atoms with Gasteiger partial charge in [-0.3, -0.25) is 9.59 Å². The Labute approximate surface area is 145 Å². The van der Waals surface area contributed by atoms with Crippen LogP contribution in [0.2, 0.25) is 0 Å². The molecule has 2 amide bonds. The third-order valence-electron chi connectivity index (χ3n) is 3.68. The van der Waals surface area contributed by atoms with Gasteiger partial charge in [-0.05, 0) is 30.0 Å². The monoisotopic (exact) mass is 328 g/mol. The summed E-state index contributed by atoms with van der Waals surface area (Å²) in [5.41, 5.74) is 2.05. The summed E-state index contributed by atoms with van der Waals surface area (Å²) >= 11 is 0. The van der Waals surface area contributed by atoms with Crippen molar-refractivity contribution in [3.8, 4) is 11.8 Å². The zero-order chi connectivity index (χ0) is 18.1. The van der Waals surface area contributed by atoms with Crippen molar-refractivity contribution in [1.82, 2.24) is 10.6 Å². The highest BCUT2D eigenvalue weighted by molar-refractivity contribution is 5.78. The Balaban J connectivity index is 2.69. The first-order valence-corrected chi connectivity index (χ1v) is 8.42. The predicted molar refractivity (Wildman–Crippen MR) is 97.3 cm³/mol. The number of amides is 2. The third-order valence-corrected chi connectivity index (χ3v) is 3.68. The van der Waals surface area contributed by atoms with Crippen LogP contribution in [-0.4, -0.2) is 24.4 Å². The third kappa shape index (κ3) is 7.32. The Kier molecular flexibility index (Phi) is 8.05. The molecular weight excluding hydrogens is 300 g/mol. The molecular formula is C20H28N2O2. The van der Waals surface area contributed by atoms with E-state index in [9.17, 15) is 9.59 Å². The second-order valence-corrected chi connectivity index (χ2v) is 6.63. The van der Waals surface area contributed by atoms with Crippen LogP contribution in [0, 0.1) is 23.7 Å². The Morgan fingerprint density at radius 3 is 2.46 bits per heavy atom. The van der Waals surface area contributed by atoms with Crippen molar-refractivity contribution in [2.45, 2.75) is 47.1 Å². The molecule has 0 aliphatic carbocycles. The molecule has 130 valence electrons. The molecule has 1 aromatic carbocycles. The SMILES string of the molecule is CC(=O)N[C@@H](Cc1cccc(C#CCNC(=O)C(C)C)c1)C(C)C. The predicted octanol–water partition coefficient (Wildman–Crippen LogP) is 2.51. The Morgan fingerprint density at radius 2 is 1.88 bits per heavy atom. The maximum absolute atomic E-state index is 11.5. The molecule has 1 rings (SSSR count). The number of benzene rings is 1. The van der Waals surface area contributed by atoms with Crippen LogP contribution in [0.15, 0.2) is 24.3 Å². The van der Waals surface area contributed by atoms with E-state index in [2.05, 4.69) is 36.3 Å². The number of rotatable bonds is 6. The van der Waals surface area contributed by atoms with Crippen molar-refractivity contribution >= 4 is 11.8 Å². The Bertz CT molecular complexity index is 624. The fourth-order valence-electron chi connectivity index (χ4n) is 2.23. The van der Waals surface area contributed by atoms with Gasteiger partial charge in [0, 0.05) is 24.4 Å². The molecule has 0 fully saturated rings. The second-order valence-electron chi connectivity index (χ2n) is 6.63. The quantitative estimate of drug-likeness (QED) is 0.788. The molecule has 4 heteroatoms. The molecule has 0 radical (unpaired) electrons. The molecule has 0 spiro atoms. The van der Waals surface area contributed by atoms with Crippen molar-refractivity contribution in [3.05, 3.63) is 35.4 Å². The van der Waals surface area contributed by atoms with Crippen LogP contribution in [0.1, 0.15) is 45.7 Å². The zero-order valence-corrected chi connectivity index (χ0v) is 15.3. The van der Waals surface area contributed by atoms with Gasteiger partial charge in [0.25, 0.3) is 0 Å². The van der Waals surface area contributed by atoms with E-state index < -0.39 is 0 Å². The molecule has 0 aromatic heterocycles. The molecule has 24 heavy (non-hydrogen) atoms. The van der Waals surface area contributed by atoms with Crippen LogP contribution in [-0.2, 0) is 16.0 Å². The summed E-state index contributed by atoms with van der Waals surface area (Å²) in [6.45, 7) is 9.80. The highest BCUT2D eigenvalue weighted by Crippen LogP contribution is 2.12. The summed E-state index contributed by atoms with van der Waals surface area (Å²) in [4.78, 5) is 22.8. The summed E-state index contributed by atoms with van der Waals surface area (Å²) in [5, 5.41) is 5.78. The van der Waals surface area contributed by atoms with Crippen molar-refractivity contribution in [1.29, 1.82) is 0 Å². The van der Waals surface area contributed by atoms with Crippen LogP contribution in [0.4, 0.5) is 0 Å². The lowest BCUT2D eigenvalue weighted by atomic mass is 9.95. The van der Waals surface area contributed by atoms with Crippen molar-refractivity contribution in [2.75, 3.05) is 6.54 Å². The first-order valence-electron chi connectivity index (χ1n) is 8.42. The molecule has 0 unspecified atom stereocenters. The number of nitrogens with one attached hydrogen (secondary N) is 2. The Hall–Kier alpha value is -2.28. The topological polar surface area (TPSA) is 58.2 Å². The molecule has 0 bridgehead atoms. The summed E-state index contributed by atoms with van der Waals surface area (Å²) in [5.74, 6) is 6.37. The molecule has 0 saturated heterocycles. The lowest BCUT2D eigenvalue weighted by molar-refractivity contribution is -0.123. The summed E-state index contributed by atoms with van der Waals surface area (Å²) in [7, 11) is 0. The first kappa shape index (κ1) is 19.8. The van der Waals surface area contributed by atoms with Crippen LogP contribution in [0.5, 0.6) is 0 Å². The fourth-order valence-corrected chi connectivity index (χ4v) is 2.23. The summed E-state index contributed by atoms with van der Waals surface area (Å²) in [6.07, 6.45) is 0.775. The number of carbonyl (C=O) groups is 2. The van der Waals surface area contributed by atoms with E-state index in [1.807, 2.05) is 38.1 Å². The lowest BCUT2D eigenvalue weighted by Crippen LogP contribution is -2.38. The van der Waals surface area contributed by atoms with Crippen molar-refractivity contribution in [2.24, 2.45) is 11.8 Å². The van der Waals surface area contributed by atoms with E-state index in [0.29, 0.717) is 12.5 Å². The van der Waals surface area contributed by atoms with Gasteiger partial charge in [-0.15, -0.1) is 0 Å². The maximum Gasteiger partial charge on any atom is 0.223 e. The van der Waals surface area contributed by atoms with Crippen LogP contribution in [0.25, 0.3) is 0 Å². The highest BCUT2D eigenvalue weighted by atomic mass is 16.2. The van der Waals surface area contributed by atoms with E-state index in [1.165, 1.54) is 0 Å². The van der Waals surface area contributed by atoms with E-state index in [1.54, 1.807) is 6.92 Å². The average molecular weight is 328 g/mol. The van der Waals surface area contributed by atoms with Crippen LogP contribution in [0.3, 0.4) is 0 Å². The number of hydrogen-bond donors (Lipinski definition) is 2. The normalized spacial score (nSPS) is 11.6. The molecule has 0 saturated carbocycles. The summed E-state index contributed by atoms with van der Waals surface area (Å²) < 4.78 is 0. The minimum Gasteiger partial charge on any atom is -0.353 e. The molecule has 0 aliphatic rings. The molecule has 4 nitrogen and oxygen atoms in total. The Morgan fingerprint density at radius 1 is 1.17 bits per heavy atom. The zero-order valence-electron chi connectivity index (χ0n) is 15.3. The van der Waals surface area contributed by atoms with Gasteiger partial charge in [0.05, 0.1) is 6.54 Å². The van der Waals surface area contributed by atoms with E-state index in [-0.39, 0.29) is 23.8 Å². The van der Waals surface area contributed by atoms with Gasteiger partial charge >= 0.3 is 0 Å². The second kappa shape index (κ2) is 9.77. The molecule has 0 aliphatic heterocycles. The largest absolute Gasteiger partial charge is 0.353 e. The van der Waals surface area contributed by atoms with Gasteiger partial charge in [-0.25, -0.2) is 0 Å². The molecule has 0 heterocycles. The van der Waals surface area contributed by atoms with E-state index >= 15 is 0 Å².